The van der Waals surface area contributed by atoms with Gasteiger partial charge in [-0.05, 0) is 25.1 Å². The number of aromatic carboxylic acids is 1. The Kier molecular flexibility index (Phi) is 4.21. The number of carbonyl (C=O) groups is 1. The van der Waals surface area contributed by atoms with Crippen LogP contribution >= 0.6 is 27.3 Å². The molecule has 0 aliphatic carbocycles. The lowest BCUT2D eigenvalue weighted by Crippen LogP contribution is -2.15. The fourth-order valence-electron chi connectivity index (χ4n) is 1.62. The van der Waals surface area contributed by atoms with Crippen LogP contribution in [-0.2, 0) is 10.0 Å². The van der Waals surface area contributed by atoms with E-state index in [1.807, 2.05) is 0 Å². The van der Waals surface area contributed by atoms with Crippen LogP contribution in [0.25, 0.3) is 0 Å². The average Bonchev–Trinajstić information content (AvgIpc) is 2.71. The molecular formula is C11H9BrN2O5S2. The van der Waals surface area contributed by atoms with E-state index in [1.165, 1.54) is 25.1 Å². The SMILES string of the molecule is Cc1[nH]c(=O)sc1S(=O)(=O)Nc1ccc(Br)cc1C(=O)O. The highest BCUT2D eigenvalue weighted by atomic mass is 79.9. The molecule has 7 nitrogen and oxygen atoms in total. The van der Waals surface area contributed by atoms with E-state index in [-0.39, 0.29) is 21.2 Å². The second kappa shape index (κ2) is 5.62. The normalized spacial score (nSPS) is 11.3. The number of hydrogen-bond donors (Lipinski definition) is 3. The zero-order valence-corrected chi connectivity index (χ0v) is 13.7. The van der Waals surface area contributed by atoms with Crippen molar-refractivity contribution in [1.29, 1.82) is 0 Å². The standard InChI is InChI=1S/C11H9BrN2O5S2/c1-5-10(20-11(17)13-5)21(18,19)14-8-3-2-6(12)4-7(8)9(15)16/h2-4,14H,1H3,(H,13,17)(H,15,16). The van der Waals surface area contributed by atoms with E-state index >= 15 is 0 Å². The number of anilines is 1. The summed E-state index contributed by atoms with van der Waals surface area (Å²) in [4.78, 5) is 24.2. The summed E-state index contributed by atoms with van der Waals surface area (Å²) in [5, 5.41) is 9.11. The maximum absolute atomic E-state index is 12.2. The van der Waals surface area contributed by atoms with Crippen LogP contribution < -0.4 is 9.60 Å². The van der Waals surface area contributed by atoms with Crippen molar-refractivity contribution < 1.29 is 18.3 Å². The van der Waals surface area contributed by atoms with E-state index in [1.54, 1.807) is 0 Å². The number of aryl methyl sites for hydroxylation is 1. The first-order chi connectivity index (χ1) is 9.70. The highest BCUT2D eigenvalue weighted by molar-refractivity contribution is 9.10. The fourth-order valence-corrected chi connectivity index (χ4v) is 4.36. The molecule has 0 bridgehead atoms. The van der Waals surface area contributed by atoms with Crippen LogP contribution in [0.15, 0.2) is 31.7 Å². The molecule has 0 amide bonds. The Hall–Kier alpha value is -1.65. The smallest absolute Gasteiger partial charge is 0.337 e. The summed E-state index contributed by atoms with van der Waals surface area (Å²) in [7, 11) is -4.03. The first-order valence-electron chi connectivity index (χ1n) is 5.46. The van der Waals surface area contributed by atoms with Gasteiger partial charge in [0, 0.05) is 10.2 Å². The number of aromatic nitrogens is 1. The van der Waals surface area contributed by atoms with Gasteiger partial charge in [-0.15, -0.1) is 0 Å². The molecule has 21 heavy (non-hydrogen) atoms. The highest BCUT2D eigenvalue weighted by Crippen LogP contribution is 2.25. The minimum Gasteiger partial charge on any atom is -0.478 e. The molecule has 0 radical (unpaired) electrons. The van der Waals surface area contributed by atoms with E-state index < -0.39 is 20.9 Å². The summed E-state index contributed by atoms with van der Waals surface area (Å²) in [5.41, 5.74) is -0.0779. The monoisotopic (exact) mass is 392 g/mol. The van der Waals surface area contributed by atoms with E-state index in [0.717, 1.165) is 0 Å². The van der Waals surface area contributed by atoms with Gasteiger partial charge in [0.25, 0.3) is 10.0 Å². The molecule has 0 saturated heterocycles. The third-order valence-electron chi connectivity index (χ3n) is 2.48. The molecule has 0 unspecified atom stereocenters. The average molecular weight is 393 g/mol. The lowest BCUT2D eigenvalue weighted by Gasteiger charge is -2.10. The van der Waals surface area contributed by atoms with Crippen LogP contribution in [0.4, 0.5) is 5.69 Å². The Bertz CT molecular complexity index is 869. The van der Waals surface area contributed by atoms with Gasteiger partial charge in [-0.1, -0.05) is 27.3 Å². The van der Waals surface area contributed by atoms with Crippen LogP contribution in [0.1, 0.15) is 16.1 Å². The third-order valence-corrected chi connectivity index (χ3v) is 5.95. The van der Waals surface area contributed by atoms with Crippen LogP contribution in [0, 0.1) is 6.92 Å². The molecule has 0 aliphatic rings. The second-order valence-electron chi connectivity index (χ2n) is 4.03. The predicted molar refractivity (Wildman–Crippen MR) is 81.6 cm³/mol. The van der Waals surface area contributed by atoms with Gasteiger partial charge in [0.15, 0.2) is 4.21 Å². The van der Waals surface area contributed by atoms with Crippen LogP contribution in [0.5, 0.6) is 0 Å². The number of H-pyrrole nitrogens is 1. The molecule has 1 heterocycles. The molecule has 2 aromatic rings. The molecule has 0 spiro atoms. The summed E-state index contributed by atoms with van der Waals surface area (Å²) >= 11 is 3.66. The van der Waals surface area contributed by atoms with E-state index in [0.29, 0.717) is 15.8 Å². The summed E-state index contributed by atoms with van der Waals surface area (Å²) in [5.74, 6) is -1.27. The maximum atomic E-state index is 12.2. The molecule has 0 atom stereocenters. The summed E-state index contributed by atoms with van der Waals surface area (Å²) in [6.45, 7) is 1.45. The van der Waals surface area contributed by atoms with Gasteiger partial charge >= 0.3 is 10.8 Å². The van der Waals surface area contributed by atoms with Crippen LogP contribution in [0.3, 0.4) is 0 Å². The first kappa shape index (κ1) is 15.7. The predicted octanol–water partition coefficient (Wildman–Crippen LogP) is 2.01. The largest absolute Gasteiger partial charge is 0.478 e. The van der Waals surface area contributed by atoms with Gasteiger partial charge in [0.05, 0.1) is 11.3 Å². The number of hydrogen-bond acceptors (Lipinski definition) is 5. The van der Waals surface area contributed by atoms with Crippen molar-refractivity contribution in [3.05, 3.63) is 43.6 Å². The van der Waals surface area contributed by atoms with Crippen LogP contribution in [-0.4, -0.2) is 24.5 Å². The minimum atomic E-state index is -4.03. The number of carboxylic acid groups (broad SMARTS) is 1. The van der Waals surface area contributed by atoms with Crippen molar-refractivity contribution in [2.45, 2.75) is 11.1 Å². The summed E-state index contributed by atoms with van der Waals surface area (Å²) < 4.78 is 27.0. The molecule has 0 fully saturated rings. The number of benzene rings is 1. The number of sulfonamides is 1. The Morgan fingerprint density at radius 2 is 2.10 bits per heavy atom. The highest BCUT2D eigenvalue weighted by Gasteiger charge is 2.23. The number of nitrogens with one attached hydrogen (secondary N) is 2. The Labute approximate surface area is 131 Å². The molecular weight excluding hydrogens is 384 g/mol. The first-order valence-corrected chi connectivity index (χ1v) is 8.55. The van der Waals surface area contributed by atoms with Crippen molar-refractivity contribution in [3.63, 3.8) is 0 Å². The number of carboxylic acids is 1. The van der Waals surface area contributed by atoms with Crippen molar-refractivity contribution in [2.75, 3.05) is 4.72 Å². The third kappa shape index (κ3) is 3.34. The molecule has 10 heteroatoms. The van der Waals surface area contributed by atoms with Crippen molar-refractivity contribution in [3.8, 4) is 0 Å². The van der Waals surface area contributed by atoms with Gasteiger partial charge in [-0.25, -0.2) is 13.2 Å². The molecule has 1 aromatic heterocycles. The van der Waals surface area contributed by atoms with E-state index in [2.05, 4.69) is 25.6 Å². The van der Waals surface area contributed by atoms with Crippen molar-refractivity contribution >= 4 is 48.9 Å². The Morgan fingerprint density at radius 3 is 2.62 bits per heavy atom. The Morgan fingerprint density at radius 1 is 1.43 bits per heavy atom. The van der Waals surface area contributed by atoms with Gasteiger partial charge in [-0.3, -0.25) is 9.52 Å². The summed E-state index contributed by atoms with van der Waals surface area (Å²) in [6, 6.07) is 4.12. The van der Waals surface area contributed by atoms with Gasteiger partial charge in [0.1, 0.15) is 0 Å². The van der Waals surface area contributed by atoms with Gasteiger partial charge in [-0.2, -0.15) is 0 Å². The molecule has 0 saturated carbocycles. The molecule has 2 rings (SSSR count). The fraction of sp³-hybridized carbons (Fsp3) is 0.0909. The quantitative estimate of drug-likeness (QED) is 0.735. The van der Waals surface area contributed by atoms with Crippen LogP contribution in [0.2, 0.25) is 0 Å². The Balaban J connectivity index is 2.49. The second-order valence-corrected chi connectivity index (χ2v) is 7.80. The number of aromatic amines is 1. The summed E-state index contributed by atoms with van der Waals surface area (Å²) in [6.07, 6.45) is 0. The number of rotatable bonds is 4. The van der Waals surface area contributed by atoms with E-state index in [4.69, 9.17) is 5.11 Å². The number of thiazole rings is 1. The lowest BCUT2D eigenvalue weighted by molar-refractivity contribution is 0.0698. The molecule has 0 aliphatic heterocycles. The molecule has 1 aromatic carbocycles. The zero-order chi connectivity index (χ0) is 15.8. The maximum Gasteiger partial charge on any atom is 0.337 e. The van der Waals surface area contributed by atoms with Gasteiger partial charge in [0.2, 0.25) is 0 Å². The van der Waals surface area contributed by atoms with Crippen molar-refractivity contribution in [2.24, 2.45) is 0 Å². The topological polar surface area (TPSA) is 116 Å². The molecule has 3 N–H and O–H groups in total. The number of halogens is 1. The van der Waals surface area contributed by atoms with E-state index in [9.17, 15) is 18.0 Å². The zero-order valence-electron chi connectivity index (χ0n) is 10.5. The minimum absolute atomic E-state index is 0.0778. The van der Waals surface area contributed by atoms with Crippen molar-refractivity contribution in [1.82, 2.24) is 4.98 Å². The van der Waals surface area contributed by atoms with Gasteiger partial charge < -0.3 is 10.1 Å². The molecule has 112 valence electrons. The lowest BCUT2D eigenvalue weighted by atomic mass is 10.2.